The van der Waals surface area contributed by atoms with Crippen LogP contribution in [-0.4, -0.2) is 12.8 Å². The molecule has 2 N–H and O–H groups in total. The molecule has 1 saturated carbocycles. The Morgan fingerprint density at radius 2 is 1.94 bits per heavy atom. The van der Waals surface area contributed by atoms with Crippen molar-refractivity contribution in [3.8, 4) is 0 Å². The summed E-state index contributed by atoms with van der Waals surface area (Å²) in [6.07, 6.45) is 5.37. The van der Waals surface area contributed by atoms with Crippen molar-refractivity contribution >= 4 is 11.8 Å². The van der Waals surface area contributed by atoms with Gasteiger partial charge < -0.3 is 5.73 Å². The van der Waals surface area contributed by atoms with E-state index in [9.17, 15) is 8.78 Å². The quantitative estimate of drug-likeness (QED) is 0.839. The van der Waals surface area contributed by atoms with Crippen molar-refractivity contribution in [1.29, 1.82) is 0 Å². The lowest BCUT2D eigenvalue weighted by Gasteiger charge is -2.29. The van der Waals surface area contributed by atoms with Gasteiger partial charge in [-0.1, -0.05) is 12.8 Å². The van der Waals surface area contributed by atoms with Gasteiger partial charge in [0.05, 0.1) is 0 Å². The van der Waals surface area contributed by atoms with E-state index in [-0.39, 0.29) is 5.56 Å². The number of benzene rings is 1. The maximum Gasteiger partial charge on any atom is 0.143 e. The number of rotatable bonds is 3. The molecule has 0 aliphatic heterocycles. The SMILES string of the molecule is CSc1ccc(F)c(C2(CN)CCCC2)c1F. The molecule has 0 atom stereocenters. The summed E-state index contributed by atoms with van der Waals surface area (Å²) in [5.41, 5.74) is 5.52. The molecule has 1 nitrogen and oxygen atoms in total. The van der Waals surface area contributed by atoms with Crippen molar-refractivity contribution in [2.24, 2.45) is 5.73 Å². The maximum absolute atomic E-state index is 14.3. The van der Waals surface area contributed by atoms with Crippen LogP contribution in [0.4, 0.5) is 8.78 Å². The second kappa shape index (κ2) is 4.94. The number of hydrogen-bond donors (Lipinski definition) is 1. The van der Waals surface area contributed by atoms with Crippen molar-refractivity contribution in [2.45, 2.75) is 36.0 Å². The number of hydrogen-bond acceptors (Lipinski definition) is 2. The minimum Gasteiger partial charge on any atom is -0.330 e. The van der Waals surface area contributed by atoms with Gasteiger partial charge in [-0.05, 0) is 31.2 Å². The smallest absolute Gasteiger partial charge is 0.143 e. The van der Waals surface area contributed by atoms with E-state index in [0.29, 0.717) is 11.4 Å². The minimum absolute atomic E-state index is 0.212. The summed E-state index contributed by atoms with van der Waals surface area (Å²) in [6.45, 7) is 0.318. The Balaban J connectivity index is 2.56. The van der Waals surface area contributed by atoms with Gasteiger partial charge in [0, 0.05) is 22.4 Å². The topological polar surface area (TPSA) is 26.0 Å². The van der Waals surface area contributed by atoms with Gasteiger partial charge in [-0.3, -0.25) is 0 Å². The fourth-order valence-corrected chi connectivity index (χ4v) is 3.27. The molecule has 2 rings (SSSR count). The molecule has 0 amide bonds. The third-order valence-corrected chi connectivity index (χ3v) is 4.51. The maximum atomic E-state index is 14.3. The lowest BCUT2D eigenvalue weighted by Crippen LogP contribution is -2.34. The number of halogens is 2. The Kier molecular flexibility index (Phi) is 3.73. The average molecular weight is 257 g/mol. The van der Waals surface area contributed by atoms with Crippen LogP contribution < -0.4 is 5.73 Å². The molecule has 1 aromatic rings. The molecule has 1 fully saturated rings. The Labute approximate surface area is 105 Å². The third-order valence-electron chi connectivity index (χ3n) is 3.76. The molecule has 0 aromatic heterocycles. The largest absolute Gasteiger partial charge is 0.330 e. The fraction of sp³-hybridized carbons (Fsp3) is 0.538. The van der Waals surface area contributed by atoms with Crippen LogP contribution >= 0.6 is 11.8 Å². The molecule has 4 heteroatoms. The van der Waals surface area contributed by atoms with E-state index in [1.54, 1.807) is 6.26 Å². The molecule has 0 saturated heterocycles. The monoisotopic (exact) mass is 257 g/mol. The Hall–Kier alpha value is -0.610. The summed E-state index contributed by atoms with van der Waals surface area (Å²) in [5.74, 6) is -0.863. The molecule has 1 aliphatic rings. The van der Waals surface area contributed by atoms with Gasteiger partial charge in [-0.25, -0.2) is 8.78 Å². The Morgan fingerprint density at radius 3 is 2.47 bits per heavy atom. The zero-order valence-electron chi connectivity index (χ0n) is 9.93. The molecule has 0 unspecified atom stereocenters. The van der Waals surface area contributed by atoms with Crippen LogP contribution in [0.2, 0.25) is 0 Å². The van der Waals surface area contributed by atoms with E-state index < -0.39 is 17.0 Å². The van der Waals surface area contributed by atoms with E-state index in [4.69, 9.17) is 5.73 Å². The van der Waals surface area contributed by atoms with Crippen molar-refractivity contribution in [2.75, 3.05) is 12.8 Å². The van der Waals surface area contributed by atoms with Crippen molar-refractivity contribution < 1.29 is 8.78 Å². The first-order valence-electron chi connectivity index (χ1n) is 5.87. The standard InChI is InChI=1S/C13H17F2NS/c1-17-10-5-4-9(14)11(12(10)15)13(8-16)6-2-3-7-13/h4-5H,2-3,6-8,16H2,1H3. The average Bonchev–Trinajstić information content (AvgIpc) is 2.79. The van der Waals surface area contributed by atoms with E-state index in [1.165, 1.54) is 23.9 Å². The number of thioether (sulfide) groups is 1. The second-order valence-electron chi connectivity index (χ2n) is 4.63. The lowest BCUT2D eigenvalue weighted by molar-refractivity contribution is 0.395. The van der Waals surface area contributed by atoms with Crippen LogP contribution in [0.1, 0.15) is 31.2 Å². The van der Waals surface area contributed by atoms with Crippen molar-refractivity contribution in [1.82, 2.24) is 0 Å². The molecule has 0 radical (unpaired) electrons. The van der Waals surface area contributed by atoms with Gasteiger partial charge in [-0.15, -0.1) is 11.8 Å². The first-order chi connectivity index (χ1) is 8.14. The molecule has 1 aromatic carbocycles. The van der Waals surface area contributed by atoms with Gasteiger partial charge in [0.15, 0.2) is 0 Å². The summed E-state index contributed by atoms with van der Waals surface area (Å²) in [6, 6.07) is 2.86. The van der Waals surface area contributed by atoms with E-state index >= 15 is 0 Å². The summed E-state index contributed by atoms with van der Waals surface area (Å²) in [5, 5.41) is 0. The normalized spacial score (nSPS) is 18.6. The first kappa shape index (κ1) is 12.8. The fourth-order valence-electron chi connectivity index (χ4n) is 2.79. The highest BCUT2D eigenvalue weighted by atomic mass is 32.2. The Morgan fingerprint density at radius 1 is 1.29 bits per heavy atom. The molecule has 1 aliphatic carbocycles. The van der Waals surface area contributed by atoms with E-state index in [2.05, 4.69) is 0 Å². The Bertz CT molecular complexity index is 414. The summed E-state index contributed by atoms with van der Waals surface area (Å²) in [4.78, 5) is 0.501. The number of nitrogens with two attached hydrogens (primary N) is 1. The summed E-state index contributed by atoms with van der Waals surface area (Å²) >= 11 is 1.30. The van der Waals surface area contributed by atoms with Gasteiger partial charge in [0.1, 0.15) is 11.6 Å². The van der Waals surface area contributed by atoms with Gasteiger partial charge in [-0.2, -0.15) is 0 Å². The molecular weight excluding hydrogens is 240 g/mol. The highest BCUT2D eigenvalue weighted by Crippen LogP contribution is 2.43. The van der Waals surface area contributed by atoms with Gasteiger partial charge in [0.25, 0.3) is 0 Å². The van der Waals surface area contributed by atoms with Crippen LogP contribution in [0.5, 0.6) is 0 Å². The molecule has 0 spiro atoms. The molecule has 0 heterocycles. The van der Waals surface area contributed by atoms with Gasteiger partial charge in [0.2, 0.25) is 0 Å². The molecule has 17 heavy (non-hydrogen) atoms. The molecule has 94 valence electrons. The van der Waals surface area contributed by atoms with Gasteiger partial charge >= 0.3 is 0 Å². The predicted octanol–water partition coefficient (Wildman–Crippen LogP) is 3.46. The first-order valence-corrected chi connectivity index (χ1v) is 7.09. The second-order valence-corrected chi connectivity index (χ2v) is 5.48. The highest BCUT2D eigenvalue weighted by Gasteiger charge is 2.39. The molecular formula is C13H17F2NS. The molecule has 0 bridgehead atoms. The van der Waals surface area contributed by atoms with E-state index in [0.717, 1.165) is 25.7 Å². The lowest BCUT2D eigenvalue weighted by atomic mass is 9.78. The van der Waals surface area contributed by atoms with Crippen LogP contribution in [-0.2, 0) is 5.41 Å². The van der Waals surface area contributed by atoms with Crippen LogP contribution in [0, 0.1) is 11.6 Å². The van der Waals surface area contributed by atoms with Crippen LogP contribution in [0.25, 0.3) is 0 Å². The minimum atomic E-state index is -0.486. The van der Waals surface area contributed by atoms with Crippen LogP contribution in [0.15, 0.2) is 17.0 Å². The zero-order valence-corrected chi connectivity index (χ0v) is 10.7. The third kappa shape index (κ3) is 2.08. The summed E-state index contributed by atoms with van der Waals surface area (Å²) in [7, 11) is 0. The van der Waals surface area contributed by atoms with Crippen molar-refractivity contribution in [3.05, 3.63) is 29.3 Å². The van der Waals surface area contributed by atoms with Crippen LogP contribution in [0.3, 0.4) is 0 Å². The predicted molar refractivity (Wildman–Crippen MR) is 67.3 cm³/mol. The highest BCUT2D eigenvalue weighted by molar-refractivity contribution is 7.98. The zero-order chi connectivity index (χ0) is 12.5. The summed E-state index contributed by atoms with van der Waals surface area (Å²) < 4.78 is 28.2. The van der Waals surface area contributed by atoms with E-state index in [1.807, 2.05) is 0 Å². The van der Waals surface area contributed by atoms with Crippen molar-refractivity contribution in [3.63, 3.8) is 0 Å².